The van der Waals surface area contributed by atoms with E-state index < -0.39 is 4.92 Å². The maximum Gasteiger partial charge on any atom is 0.269 e. The fourth-order valence-corrected chi connectivity index (χ4v) is 1.49. The minimum Gasteiger partial charge on any atom is -0.289 e. The van der Waals surface area contributed by atoms with Gasteiger partial charge in [-0.25, -0.2) is 0 Å². The van der Waals surface area contributed by atoms with Gasteiger partial charge in [0.15, 0.2) is 5.78 Å². The van der Waals surface area contributed by atoms with Crippen LogP contribution in [0, 0.1) is 20.9 Å². The van der Waals surface area contributed by atoms with E-state index in [9.17, 15) is 14.9 Å². The lowest BCUT2D eigenvalue weighted by Crippen LogP contribution is -2.00. The van der Waals surface area contributed by atoms with Gasteiger partial charge in [-0.15, -0.1) is 0 Å². The second kappa shape index (κ2) is 6.61. The molecular formula is C13H9N3O3. The van der Waals surface area contributed by atoms with Crippen molar-refractivity contribution in [2.24, 2.45) is 0 Å². The molecule has 2 aromatic carbocycles. The Bertz CT molecular complexity index is 592. The summed E-state index contributed by atoms with van der Waals surface area (Å²) in [6.45, 7) is 0. The lowest BCUT2D eigenvalue weighted by Gasteiger charge is -2.00. The van der Waals surface area contributed by atoms with Crippen LogP contribution >= 0.6 is 0 Å². The topological polar surface area (TPSA) is 108 Å². The van der Waals surface area contributed by atoms with E-state index in [4.69, 9.17) is 10.8 Å². The van der Waals surface area contributed by atoms with Crippen molar-refractivity contribution in [2.75, 3.05) is 0 Å². The summed E-state index contributed by atoms with van der Waals surface area (Å²) in [4.78, 5) is 21.9. The molecule has 0 spiro atoms. The van der Waals surface area contributed by atoms with Crippen LogP contribution in [0.25, 0.3) is 0 Å². The van der Waals surface area contributed by atoms with E-state index in [1.807, 2.05) is 6.07 Å². The first kappa shape index (κ1) is 14.0. The Kier molecular flexibility index (Phi) is 4.87. The molecule has 6 nitrogen and oxygen atoms in total. The first-order chi connectivity index (χ1) is 9.18. The normalized spacial score (nSPS) is 8.95. The predicted octanol–water partition coefficient (Wildman–Crippen LogP) is 2.86. The summed E-state index contributed by atoms with van der Waals surface area (Å²) in [5.41, 5.74) is 0.998. The SMILES string of the molecule is N#N.O=C(c1ccccc1)c1ccc([N+](=O)[O-])cc1. The Hall–Kier alpha value is -3.07. The van der Waals surface area contributed by atoms with Gasteiger partial charge in [-0.05, 0) is 12.1 Å². The zero-order valence-electron chi connectivity index (χ0n) is 9.76. The second-order valence-corrected chi connectivity index (χ2v) is 3.50. The number of benzene rings is 2. The Balaban J connectivity index is 0.000000861. The Morgan fingerprint density at radius 2 is 1.37 bits per heavy atom. The van der Waals surface area contributed by atoms with Gasteiger partial charge in [-0.1, -0.05) is 30.3 Å². The molecule has 0 aliphatic carbocycles. The van der Waals surface area contributed by atoms with E-state index in [-0.39, 0.29) is 11.5 Å². The molecule has 0 radical (unpaired) electrons. The van der Waals surface area contributed by atoms with Crippen LogP contribution in [0.4, 0.5) is 5.69 Å². The lowest BCUT2D eigenvalue weighted by molar-refractivity contribution is -0.384. The molecule has 0 N–H and O–H groups in total. The van der Waals surface area contributed by atoms with Gasteiger partial charge in [0.05, 0.1) is 4.92 Å². The highest BCUT2D eigenvalue weighted by Crippen LogP contribution is 2.15. The molecule has 0 aromatic heterocycles. The summed E-state index contributed by atoms with van der Waals surface area (Å²) in [6, 6.07) is 14.4. The van der Waals surface area contributed by atoms with E-state index in [0.29, 0.717) is 11.1 Å². The molecule has 0 fully saturated rings. The molecule has 2 rings (SSSR count). The van der Waals surface area contributed by atoms with E-state index in [2.05, 4.69) is 0 Å². The standard InChI is InChI=1S/C13H9NO3.N2/c15-13(10-4-2-1-3-5-10)11-6-8-12(9-7-11)14(16)17;1-2/h1-9H;. The van der Waals surface area contributed by atoms with Crippen LogP contribution in [0.3, 0.4) is 0 Å². The molecule has 94 valence electrons. The number of ketones is 1. The van der Waals surface area contributed by atoms with Crippen LogP contribution in [-0.2, 0) is 0 Å². The van der Waals surface area contributed by atoms with Crippen molar-refractivity contribution in [3.05, 3.63) is 75.8 Å². The van der Waals surface area contributed by atoms with Crippen LogP contribution in [-0.4, -0.2) is 10.7 Å². The van der Waals surface area contributed by atoms with Gasteiger partial charge < -0.3 is 0 Å². The van der Waals surface area contributed by atoms with Crippen LogP contribution in [0.1, 0.15) is 15.9 Å². The Morgan fingerprint density at radius 1 is 0.895 bits per heavy atom. The van der Waals surface area contributed by atoms with Crippen molar-refractivity contribution < 1.29 is 9.72 Å². The van der Waals surface area contributed by atoms with Crippen molar-refractivity contribution in [1.29, 1.82) is 10.8 Å². The van der Waals surface area contributed by atoms with Gasteiger partial charge in [0.2, 0.25) is 0 Å². The third-order valence-corrected chi connectivity index (χ3v) is 2.38. The van der Waals surface area contributed by atoms with Crippen molar-refractivity contribution in [3.63, 3.8) is 0 Å². The van der Waals surface area contributed by atoms with Crippen molar-refractivity contribution in [1.82, 2.24) is 0 Å². The van der Waals surface area contributed by atoms with Gasteiger partial charge in [-0.2, -0.15) is 0 Å². The van der Waals surface area contributed by atoms with Crippen molar-refractivity contribution in [3.8, 4) is 0 Å². The zero-order valence-corrected chi connectivity index (χ0v) is 9.76. The average molecular weight is 255 g/mol. The number of rotatable bonds is 3. The molecule has 0 amide bonds. The number of nitrogens with zero attached hydrogens (tertiary/aromatic N) is 3. The Labute approximate surface area is 108 Å². The third-order valence-electron chi connectivity index (χ3n) is 2.38. The number of nitro groups is 1. The maximum absolute atomic E-state index is 12.0. The van der Waals surface area contributed by atoms with Gasteiger partial charge in [-0.3, -0.25) is 14.9 Å². The molecule has 0 saturated heterocycles. The molecular weight excluding hydrogens is 246 g/mol. The van der Waals surface area contributed by atoms with Crippen LogP contribution in [0.15, 0.2) is 54.6 Å². The molecule has 0 heterocycles. The quantitative estimate of drug-likeness (QED) is 0.362. The second-order valence-electron chi connectivity index (χ2n) is 3.50. The van der Waals surface area contributed by atoms with Crippen LogP contribution in [0.2, 0.25) is 0 Å². The highest BCUT2D eigenvalue weighted by molar-refractivity contribution is 6.09. The number of hydrogen-bond donors (Lipinski definition) is 0. The lowest BCUT2D eigenvalue weighted by atomic mass is 10.0. The number of hydrogen-bond acceptors (Lipinski definition) is 5. The minimum atomic E-state index is -0.489. The molecule has 0 aliphatic heterocycles. The fourth-order valence-electron chi connectivity index (χ4n) is 1.49. The molecule has 2 aromatic rings. The van der Waals surface area contributed by atoms with Gasteiger partial charge in [0.1, 0.15) is 0 Å². The number of carbonyl (C=O) groups is 1. The number of non-ortho nitro benzene ring substituents is 1. The smallest absolute Gasteiger partial charge is 0.269 e. The van der Waals surface area contributed by atoms with E-state index in [1.54, 1.807) is 24.3 Å². The monoisotopic (exact) mass is 255 g/mol. The Morgan fingerprint density at radius 3 is 1.84 bits per heavy atom. The minimum absolute atomic E-state index is 0.0189. The van der Waals surface area contributed by atoms with E-state index in [1.165, 1.54) is 24.3 Å². The molecule has 6 heteroatoms. The third kappa shape index (κ3) is 3.44. The van der Waals surface area contributed by atoms with E-state index >= 15 is 0 Å². The maximum atomic E-state index is 12.0. The summed E-state index contributed by atoms with van der Waals surface area (Å²) >= 11 is 0. The van der Waals surface area contributed by atoms with Crippen molar-refractivity contribution >= 4 is 11.5 Å². The van der Waals surface area contributed by atoms with Crippen LogP contribution < -0.4 is 0 Å². The number of nitro benzene ring substituents is 1. The van der Waals surface area contributed by atoms with Gasteiger partial charge in [0.25, 0.3) is 5.69 Å². The summed E-state index contributed by atoms with van der Waals surface area (Å²) in [5.74, 6) is -0.138. The van der Waals surface area contributed by atoms with E-state index in [0.717, 1.165) is 0 Å². The number of carbonyl (C=O) groups excluding carboxylic acids is 1. The predicted molar refractivity (Wildman–Crippen MR) is 66.4 cm³/mol. The summed E-state index contributed by atoms with van der Waals surface area (Å²) < 4.78 is 0. The molecule has 19 heavy (non-hydrogen) atoms. The zero-order chi connectivity index (χ0) is 14.3. The first-order valence-electron chi connectivity index (χ1n) is 5.22. The largest absolute Gasteiger partial charge is 0.289 e. The summed E-state index contributed by atoms with van der Waals surface area (Å²) in [7, 11) is 0. The average Bonchev–Trinajstić information content (AvgIpc) is 2.49. The molecule has 0 unspecified atom stereocenters. The van der Waals surface area contributed by atoms with Crippen molar-refractivity contribution in [2.45, 2.75) is 0 Å². The highest BCUT2D eigenvalue weighted by Gasteiger charge is 2.10. The molecule has 0 aliphatic rings. The summed E-state index contributed by atoms with van der Waals surface area (Å²) in [5, 5.41) is 22.5. The summed E-state index contributed by atoms with van der Waals surface area (Å²) in [6.07, 6.45) is 0. The molecule has 0 saturated carbocycles. The highest BCUT2D eigenvalue weighted by atomic mass is 16.6. The van der Waals surface area contributed by atoms with Crippen LogP contribution in [0.5, 0.6) is 0 Å². The fraction of sp³-hybridized carbons (Fsp3) is 0. The molecule has 0 atom stereocenters. The molecule has 0 bridgehead atoms. The van der Waals surface area contributed by atoms with Gasteiger partial charge in [0, 0.05) is 34.0 Å². The van der Waals surface area contributed by atoms with Gasteiger partial charge >= 0.3 is 0 Å². The first-order valence-corrected chi connectivity index (χ1v) is 5.22.